The number of nitrogens with one attached hydrogen (secondary N) is 1. The van der Waals surface area contributed by atoms with Crippen LogP contribution in [-0.4, -0.2) is 10.6 Å². The van der Waals surface area contributed by atoms with Crippen LogP contribution in [0.3, 0.4) is 0 Å². The number of anilines is 1. The van der Waals surface area contributed by atoms with E-state index in [0.29, 0.717) is 12.0 Å². The molecule has 1 aromatic rings. The van der Waals surface area contributed by atoms with Gasteiger partial charge in [0, 0.05) is 24.8 Å². The van der Waals surface area contributed by atoms with Crippen molar-refractivity contribution in [3.63, 3.8) is 0 Å². The highest BCUT2D eigenvalue weighted by Crippen LogP contribution is 2.30. The lowest BCUT2D eigenvalue weighted by Gasteiger charge is -2.34. The topological polar surface area (TPSA) is 34.0 Å². The number of rotatable bonds is 3. The highest BCUT2D eigenvalue weighted by atomic mass is 16.1. The van der Waals surface area contributed by atoms with E-state index in [1.54, 1.807) is 10.6 Å². The maximum atomic E-state index is 11.5. The Kier molecular flexibility index (Phi) is 4.10. The van der Waals surface area contributed by atoms with E-state index in [9.17, 15) is 4.79 Å². The second-order valence-corrected chi connectivity index (χ2v) is 5.69. The fourth-order valence-electron chi connectivity index (χ4n) is 2.81. The van der Waals surface area contributed by atoms with Gasteiger partial charge in [0.2, 0.25) is 0 Å². The van der Waals surface area contributed by atoms with Crippen molar-refractivity contribution in [2.75, 3.05) is 5.32 Å². The van der Waals surface area contributed by atoms with Gasteiger partial charge in [-0.3, -0.25) is 4.79 Å². The molecular weight excluding hydrogens is 224 g/mol. The Balaban J connectivity index is 2.10. The Labute approximate surface area is 109 Å². The minimum absolute atomic E-state index is 0.0770. The van der Waals surface area contributed by atoms with E-state index >= 15 is 0 Å². The lowest BCUT2D eigenvalue weighted by molar-refractivity contribution is 0.280. The second-order valence-electron chi connectivity index (χ2n) is 5.69. The molecule has 0 bridgehead atoms. The molecule has 3 unspecified atom stereocenters. The van der Waals surface area contributed by atoms with Gasteiger partial charge in [0.15, 0.2) is 0 Å². The average molecular weight is 248 g/mol. The third-order valence-electron chi connectivity index (χ3n) is 4.13. The molecule has 0 radical (unpaired) electrons. The molecular formula is C15H24N2O. The van der Waals surface area contributed by atoms with Crippen molar-refractivity contribution in [3.05, 3.63) is 28.7 Å². The minimum atomic E-state index is 0.0770. The van der Waals surface area contributed by atoms with E-state index in [-0.39, 0.29) is 5.56 Å². The lowest BCUT2D eigenvalue weighted by atomic mass is 9.80. The normalized spacial score (nSPS) is 28.1. The Morgan fingerprint density at radius 1 is 1.33 bits per heavy atom. The van der Waals surface area contributed by atoms with Crippen LogP contribution in [0.15, 0.2) is 23.1 Å². The summed E-state index contributed by atoms with van der Waals surface area (Å²) < 4.78 is 1.75. The van der Waals surface area contributed by atoms with Crippen molar-refractivity contribution in [3.8, 4) is 0 Å². The average Bonchev–Trinajstić information content (AvgIpc) is 2.36. The molecule has 3 heteroatoms. The van der Waals surface area contributed by atoms with Gasteiger partial charge in [0.1, 0.15) is 0 Å². The van der Waals surface area contributed by atoms with Crippen LogP contribution in [0.4, 0.5) is 5.69 Å². The number of nitrogens with zero attached hydrogens (tertiary/aromatic N) is 1. The van der Waals surface area contributed by atoms with Crippen molar-refractivity contribution < 1.29 is 0 Å². The van der Waals surface area contributed by atoms with Gasteiger partial charge < -0.3 is 9.88 Å². The van der Waals surface area contributed by atoms with Crippen LogP contribution < -0.4 is 10.9 Å². The summed E-state index contributed by atoms with van der Waals surface area (Å²) in [6, 6.07) is 4.10. The van der Waals surface area contributed by atoms with E-state index < -0.39 is 0 Å². The number of hydrogen-bond donors (Lipinski definition) is 1. The summed E-state index contributed by atoms with van der Waals surface area (Å²) in [5, 5.41) is 3.60. The van der Waals surface area contributed by atoms with Crippen molar-refractivity contribution in [1.29, 1.82) is 0 Å². The Morgan fingerprint density at radius 3 is 2.83 bits per heavy atom. The molecule has 0 amide bonds. The van der Waals surface area contributed by atoms with E-state index in [4.69, 9.17) is 0 Å². The van der Waals surface area contributed by atoms with E-state index in [1.807, 2.05) is 19.2 Å². The summed E-state index contributed by atoms with van der Waals surface area (Å²) in [7, 11) is 0. The summed E-state index contributed by atoms with van der Waals surface area (Å²) in [6.45, 7) is 7.37. The van der Waals surface area contributed by atoms with Crippen LogP contribution >= 0.6 is 0 Å². The fraction of sp³-hybridized carbons (Fsp3) is 0.667. The molecule has 100 valence electrons. The molecule has 3 atom stereocenters. The van der Waals surface area contributed by atoms with Crippen LogP contribution in [0.5, 0.6) is 0 Å². The number of aryl methyl sites for hydroxylation is 1. The summed E-state index contributed by atoms with van der Waals surface area (Å²) >= 11 is 0. The first kappa shape index (κ1) is 13.2. The van der Waals surface area contributed by atoms with Crippen LogP contribution in [0, 0.1) is 11.8 Å². The van der Waals surface area contributed by atoms with Gasteiger partial charge in [-0.05, 0) is 37.7 Å². The van der Waals surface area contributed by atoms with Crippen molar-refractivity contribution in [2.45, 2.75) is 52.6 Å². The van der Waals surface area contributed by atoms with Crippen LogP contribution in [0.25, 0.3) is 0 Å². The lowest BCUT2D eigenvalue weighted by Crippen LogP contribution is -2.34. The third-order valence-corrected chi connectivity index (χ3v) is 4.13. The molecule has 0 saturated heterocycles. The zero-order chi connectivity index (χ0) is 13.1. The standard InChI is InChI=1S/C15H24N2O/c1-4-17-10-13(7-8-15(17)18)16-14-9-11(2)5-6-12(14)3/h7-8,10-12,14,16H,4-6,9H2,1-3H3. The monoisotopic (exact) mass is 248 g/mol. The number of aromatic nitrogens is 1. The molecule has 1 aliphatic rings. The number of hydrogen-bond acceptors (Lipinski definition) is 2. The van der Waals surface area contributed by atoms with Crippen molar-refractivity contribution in [1.82, 2.24) is 4.57 Å². The van der Waals surface area contributed by atoms with Crippen LogP contribution in [-0.2, 0) is 6.54 Å². The van der Waals surface area contributed by atoms with Crippen molar-refractivity contribution in [2.24, 2.45) is 11.8 Å². The molecule has 1 fully saturated rings. The van der Waals surface area contributed by atoms with E-state index in [0.717, 1.165) is 18.2 Å². The zero-order valence-electron chi connectivity index (χ0n) is 11.6. The van der Waals surface area contributed by atoms with Gasteiger partial charge in [0.25, 0.3) is 5.56 Å². The maximum absolute atomic E-state index is 11.5. The smallest absolute Gasteiger partial charge is 0.250 e. The number of pyridine rings is 1. The first-order valence-electron chi connectivity index (χ1n) is 7.07. The fourth-order valence-corrected chi connectivity index (χ4v) is 2.81. The molecule has 1 aliphatic carbocycles. The third kappa shape index (κ3) is 2.95. The van der Waals surface area contributed by atoms with Crippen LogP contribution in [0.2, 0.25) is 0 Å². The Bertz CT molecular complexity index is 452. The summed E-state index contributed by atoms with van der Waals surface area (Å²) in [5.74, 6) is 1.51. The molecule has 3 nitrogen and oxygen atoms in total. The molecule has 1 heterocycles. The molecule has 18 heavy (non-hydrogen) atoms. The molecule has 0 spiro atoms. The van der Waals surface area contributed by atoms with Gasteiger partial charge in [-0.2, -0.15) is 0 Å². The molecule has 1 aromatic heterocycles. The predicted molar refractivity (Wildman–Crippen MR) is 76.0 cm³/mol. The van der Waals surface area contributed by atoms with Gasteiger partial charge in [0.05, 0.1) is 5.69 Å². The summed E-state index contributed by atoms with van der Waals surface area (Å²) in [6.07, 6.45) is 5.81. The molecule has 2 rings (SSSR count). The van der Waals surface area contributed by atoms with Gasteiger partial charge >= 0.3 is 0 Å². The molecule has 0 aromatic carbocycles. The first-order chi connectivity index (χ1) is 8.60. The van der Waals surface area contributed by atoms with Gasteiger partial charge in [-0.1, -0.05) is 20.3 Å². The van der Waals surface area contributed by atoms with Crippen molar-refractivity contribution >= 4 is 5.69 Å². The predicted octanol–water partition coefficient (Wildman–Crippen LogP) is 3.10. The highest BCUT2D eigenvalue weighted by Gasteiger charge is 2.25. The molecule has 1 N–H and O–H groups in total. The van der Waals surface area contributed by atoms with E-state index in [1.165, 1.54) is 19.3 Å². The summed E-state index contributed by atoms with van der Waals surface area (Å²) in [5.41, 5.74) is 1.15. The summed E-state index contributed by atoms with van der Waals surface area (Å²) in [4.78, 5) is 11.5. The van der Waals surface area contributed by atoms with Gasteiger partial charge in [-0.15, -0.1) is 0 Å². The highest BCUT2D eigenvalue weighted by molar-refractivity contribution is 5.41. The molecule has 1 saturated carbocycles. The largest absolute Gasteiger partial charge is 0.381 e. The molecule has 0 aliphatic heterocycles. The Hall–Kier alpha value is -1.25. The second kappa shape index (κ2) is 5.59. The Morgan fingerprint density at radius 2 is 2.11 bits per heavy atom. The SMILES string of the molecule is CCn1cc(NC2CC(C)CCC2C)ccc1=O. The minimum Gasteiger partial charge on any atom is -0.381 e. The quantitative estimate of drug-likeness (QED) is 0.892. The first-order valence-corrected chi connectivity index (χ1v) is 7.07. The van der Waals surface area contributed by atoms with Crippen LogP contribution in [0.1, 0.15) is 40.0 Å². The van der Waals surface area contributed by atoms with Gasteiger partial charge in [-0.25, -0.2) is 0 Å². The van der Waals surface area contributed by atoms with E-state index in [2.05, 4.69) is 19.2 Å². The maximum Gasteiger partial charge on any atom is 0.250 e. The zero-order valence-corrected chi connectivity index (χ0v) is 11.6.